The van der Waals surface area contributed by atoms with Crippen LogP contribution < -0.4 is 0 Å². The summed E-state index contributed by atoms with van der Waals surface area (Å²) in [6, 6.07) is 20.2. The number of thioether (sulfide) groups is 4. The van der Waals surface area contributed by atoms with E-state index in [9.17, 15) is 15.0 Å². The summed E-state index contributed by atoms with van der Waals surface area (Å²) in [5, 5.41) is 19.3. The van der Waals surface area contributed by atoms with Crippen LogP contribution in [0.5, 0.6) is 0 Å². The third-order valence-electron chi connectivity index (χ3n) is 6.48. The van der Waals surface area contributed by atoms with Gasteiger partial charge in [0.05, 0.1) is 47.3 Å². The summed E-state index contributed by atoms with van der Waals surface area (Å²) in [7, 11) is 0. The van der Waals surface area contributed by atoms with Crippen molar-refractivity contribution in [1.82, 2.24) is 0 Å². The molecule has 0 aliphatic carbocycles. The van der Waals surface area contributed by atoms with Crippen LogP contribution in [0.25, 0.3) is 0 Å². The van der Waals surface area contributed by atoms with Crippen molar-refractivity contribution in [2.75, 3.05) is 29.6 Å². The highest BCUT2D eigenvalue weighted by atomic mass is 32.2. The van der Waals surface area contributed by atoms with Gasteiger partial charge in [0, 0.05) is 11.8 Å². The molecule has 2 aromatic carbocycles. The lowest BCUT2D eigenvalue weighted by Crippen LogP contribution is -2.39. The molecule has 0 aliphatic heterocycles. The first kappa shape index (κ1) is 39.4. The minimum Gasteiger partial charge on any atom is -0.394 e. The molecule has 0 amide bonds. The van der Waals surface area contributed by atoms with E-state index in [1.165, 1.54) is 0 Å². The SMILES string of the molecule is CCSC(SCC)[C@H](OCc1ccccc1)[C@@H](C)C=O.CCSC(SCC)[C@H](OCc1ccccc1)[C@@H](C)[C@H](O)CO. The van der Waals surface area contributed by atoms with Gasteiger partial charge in [-0.05, 0) is 34.1 Å². The van der Waals surface area contributed by atoms with Gasteiger partial charge in [-0.1, -0.05) is 102 Å². The average molecular weight is 657 g/mol. The molecule has 0 aliphatic rings. The van der Waals surface area contributed by atoms with Gasteiger partial charge in [-0.15, -0.1) is 47.0 Å². The van der Waals surface area contributed by atoms with E-state index in [0.29, 0.717) is 17.8 Å². The molecule has 0 bridgehead atoms. The van der Waals surface area contributed by atoms with E-state index in [-0.39, 0.29) is 35.2 Å². The highest BCUT2D eigenvalue weighted by Crippen LogP contribution is 2.34. The van der Waals surface area contributed by atoms with Crippen LogP contribution in [0.2, 0.25) is 0 Å². The van der Waals surface area contributed by atoms with E-state index >= 15 is 0 Å². The third-order valence-corrected chi connectivity index (χ3v) is 11.8. The van der Waals surface area contributed by atoms with Crippen LogP contribution in [0, 0.1) is 11.8 Å². The minimum atomic E-state index is -0.752. The van der Waals surface area contributed by atoms with Crippen LogP contribution in [0.4, 0.5) is 0 Å². The summed E-state index contributed by atoms with van der Waals surface area (Å²) in [6.07, 6.45) is 0.118. The van der Waals surface area contributed by atoms with Crippen molar-refractivity contribution < 1.29 is 24.5 Å². The molecular formula is C33H52O5S4. The normalized spacial score (nSPS) is 15.0. The molecule has 2 N–H and O–H groups in total. The molecule has 0 aromatic heterocycles. The van der Waals surface area contributed by atoms with Crippen molar-refractivity contribution in [2.45, 2.75) is 82.2 Å². The first-order valence-electron chi connectivity index (χ1n) is 14.9. The Morgan fingerprint density at radius 2 is 1.07 bits per heavy atom. The largest absolute Gasteiger partial charge is 0.394 e. The number of ether oxygens (including phenoxy) is 2. The second kappa shape index (κ2) is 24.6. The molecule has 238 valence electrons. The number of aliphatic hydroxyl groups is 2. The van der Waals surface area contributed by atoms with Crippen molar-refractivity contribution >= 4 is 53.3 Å². The van der Waals surface area contributed by atoms with Crippen molar-refractivity contribution in [3.05, 3.63) is 71.8 Å². The Labute approximate surface area is 272 Å². The maximum atomic E-state index is 11.2. The van der Waals surface area contributed by atoms with Gasteiger partial charge in [-0.3, -0.25) is 0 Å². The van der Waals surface area contributed by atoms with Gasteiger partial charge < -0.3 is 24.5 Å². The van der Waals surface area contributed by atoms with Gasteiger partial charge in [-0.2, -0.15) is 0 Å². The van der Waals surface area contributed by atoms with Gasteiger partial charge in [-0.25, -0.2) is 0 Å². The van der Waals surface area contributed by atoms with Gasteiger partial charge in [0.1, 0.15) is 6.29 Å². The lowest BCUT2D eigenvalue weighted by Gasteiger charge is -2.33. The predicted molar refractivity (Wildman–Crippen MR) is 188 cm³/mol. The quantitative estimate of drug-likeness (QED) is 0.104. The molecule has 0 saturated heterocycles. The fourth-order valence-electron chi connectivity index (χ4n) is 4.09. The Morgan fingerprint density at radius 3 is 1.43 bits per heavy atom. The topological polar surface area (TPSA) is 76.0 Å². The van der Waals surface area contributed by atoms with Crippen LogP contribution in [-0.2, 0) is 27.5 Å². The van der Waals surface area contributed by atoms with Crippen molar-refractivity contribution in [3.63, 3.8) is 0 Å². The first-order valence-corrected chi connectivity index (χ1v) is 19.1. The maximum absolute atomic E-state index is 11.2. The van der Waals surface area contributed by atoms with Crippen LogP contribution in [0.3, 0.4) is 0 Å². The Hall–Kier alpha value is -0.650. The Bertz CT molecular complexity index is 896. The number of carbonyl (C=O) groups is 1. The molecule has 0 heterocycles. The third kappa shape index (κ3) is 15.4. The smallest absolute Gasteiger partial charge is 0.125 e. The summed E-state index contributed by atoms with van der Waals surface area (Å²) < 4.78 is 12.8. The number of hydrogen-bond acceptors (Lipinski definition) is 9. The summed E-state index contributed by atoms with van der Waals surface area (Å²) in [6.45, 7) is 13.3. The zero-order chi connectivity index (χ0) is 31.2. The van der Waals surface area contributed by atoms with Gasteiger partial charge in [0.25, 0.3) is 0 Å². The van der Waals surface area contributed by atoms with Gasteiger partial charge in [0.15, 0.2) is 0 Å². The summed E-state index contributed by atoms with van der Waals surface area (Å²) >= 11 is 7.43. The van der Waals surface area contributed by atoms with E-state index in [1.807, 2.05) is 109 Å². The number of aldehydes is 1. The zero-order valence-corrected chi connectivity index (χ0v) is 29.4. The number of carbonyl (C=O) groups excluding carboxylic acids is 1. The second-order valence-electron chi connectivity index (χ2n) is 9.68. The van der Waals surface area contributed by atoms with E-state index in [2.05, 4.69) is 39.8 Å². The van der Waals surface area contributed by atoms with Crippen LogP contribution in [-0.4, -0.2) is 73.6 Å². The summed E-state index contributed by atoms with van der Waals surface area (Å²) in [4.78, 5) is 11.2. The number of rotatable bonds is 21. The minimum absolute atomic E-state index is 0.0393. The summed E-state index contributed by atoms with van der Waals surface area (Å²) in [5.74, 6) is 3.89. The van der Waals surface area contributed by atoms with Gasteiger partial charge >= 0.3 is 0 Å². The lowest BCUT2D eigenvalue weighted by atomic mass is 9.99. The van der Waals surface area contributed by atoms with E-state index < -0.39 is 6.10 Å². The molecule has 5 nitrogen and oxygen atoms in total. The molecule has 42 heavy (non-hydrogen) atoms. The predicted octanol–water partition coefficient (Wildman–Crippen LogP) is 7.63. The van der Waals surface area contributed by atoms with Crippen molar-refractivity contribution in [3.8, 4) is 0 Å². The van der Waals surface area contributed by atoms with E-state index in [0.717, 1.165) is 40.4 Å². The van der Waals surface area contributed by atoms with Crippen molar-refractivity contribution in [1.29, 1.82) is 0 Å². The zero-order valence-electron chi connectivity index (χ0n) is 26.1. The van der Waals surface area contributed by atoms with E-state index in [4.69, 9.17) is 9.47 Å². The first-order chi connectivity index (χ1) is 20.4. The maximum Gasteiger partial charge on any atom is 0.125 e. The Morgan fingerprint density at radius 1 is 0.690 bits per heavy atom. The Kier molecular flexibility index (Phi) is 23.1. The molecule has 5 atom stereocenters. The molecule has 0 radical (unpaired) electrons. The fourth-order valence-corrected chi connectivity index (χ4v) is 9.87. The fraction of sp³-hybridized carbons (Fsp3) is 0.606. The molecule has 0 saturated carbocycles. The number of aliphatic hydroxyl groups excluding tert-OH is 2. The lowest BCUT2D eigenvalue weighted by molar-refractivity contribution is -0.115. The highest BCUT2D eigenvalue weighted by Gasteiger charge is 2.32. The average Bonchev–Trinajstić information content (AvgIpc) is 3.02. The van der Waals surface area contributed by atoms with E-state index in [1.54, 1.807) is 0 Å². The summed E-state index contributed by atoms with van der Waals surface area (Å²) in [5.41, 5.74) is 2.28. The molecule has 0 spiro atoms. The van der Waals surface area contributed by atoms with Crippen LogP contribution in [0.15, 0.2) is 60.7 Å². The molecule has 0 unspecified atom stereocenters. The van der Waals surface area contributed by atoms with Crippen LogP contribution >= 0.6 is 47.0 Å². The molecule has 0 fully saturated rings. The Balaban J connectivity index is 0.000000422. The molecular weight excluding hydrogens is 605 g/mol. The number of benzene rings is 2. The van der Waals surface area contributed by atoms with Crippen molar-refractivity contribution in [2.24, 2.45) is 11.8 Å². The standard InChI is InChI=1S/C17H28O3S2.C16H24O2S2/c1-4-21-17(22-5-2)16(13(3)15(19)11-18)20-12-14-9-7-6-8-10-14;1-4-19-16(20-5-2)15(13(3)11-17)18-12-14-9-7-6-8-10-14/h6-10,13,15-19H,4-5,11-12H2,1-3H3;6-11,13,15-16H,4-5,12H2,1-3H3/t13-,15+,16+;13-,15+/m00/s1. The number of hydrogen-bond donors (Lipinski definition) is 2. The second-order valence-corrected chi connectivity index (χ2v) is 16.0. The van der Waals surface area contributed by atoms with Gasteiger partial charge in [0.2, 0.25) is 0 Å². The monoisotopic (exact) mass is 656 g/mol. The molecule has 2 rings (SSSR count). The highest BCUT2D eigenvalue weighted by molar-refractivity contribution is 8.17. The molecule has 9 heteroatoms. The van der Waals surface area contributed by atoms with Crippen LogP contribution in [0.1, 0.15) is 52.7 Å². The molecule has 2 aromatic rings.